The summed E-state index contributed by atoms with van der Waals surface area (Å²) in [6, 6.07) is 13.6. The molecule has 4 aromatic rings. The van der Waals surface area contributed by atoms with Gasteiger partial charge in [-0.1, -0.05) is 41.4 Å². The summed E-state index contributed by atoms with van der Waals surface area (Å²) in [4.78, 5) is 9.93. The van der Waals surface area contributed by atoms with Crippen LogP contribution in [0.2, 0.25) is 10.0 Å². The molecular formula is C20H14Cl2N2OS2. The first-order valence-corrected chi connectivity index (χ1v) is 10.7. The number of nitrogens with zero attached hydrogens (tertiary/aromatic N) is 2. The molecule has 2 aromatic carbocycles. The lowest BCUT2D eigenvalue weighted by molar-refractivity contribution is 0.415. The van der Waals surface area contributed by atoms with E-state index in [1.165, 1.54) is 0 Å². The molecule has 136 valence electrons. The average Bonchev–Trinajstić information content (AvgIpc) is 3.12. The summed E-state index contributed by atoms with van der Waals surface area (Å²) in [5.41, 5.74) is 3.27. The van der Waals surface area contributed by atoms with Crippen molar-refractivity contribution in [2.24, 2.45) is 0 Å². The molecule has 0 aliphatic rings. The predicted octanol–water partition coefficient (Wildman–Crippen LogP) is 6.97. The summed E-state index contributed by atoms with van der Waals surface area (Å²) in [5, 5.41) is 5.44. The van der Waals surface area contributed by atoms with Crippen LogP contribution in [-0.2, 0) is 5.75 Å². The molecule has 7 heteroatoms. The van der Waals surface area contributed by atoms with Crippen LogP contribution >= 0.6 is 46.3 Å². The maximum atomic E-state index is 6.31. The topological polar surface area (TPSA) is 35.0 Å². The quantitative estimate of drug-likeness (QED) is 0.252. The van der Waals surface area contributed by atoms with E-state index in [-0.39, 0.29) is 0 Å². The molecule has 0 atom stereocenters. The van der Waals surface area contributed by atoms with E-state index in [1.54, 1.807) is 42.6 Å². The van der Waals surface area contributed by atoms with Crippen LogP contribution in [0.5, 0.6) is 5.75 Å². The first kappa shape index (κ1) is 18.6. The SMILES string of the molecule is COc1ccc(-c2csc3ncnc(SCc4ccc(Cl)cc4Cl)c23)cc1. The van der Waals surface area contributed by atoms with Gasteiger partial charge in [-0.2, -0.15) is 0 Å². The van der Waals surface area contributed by atoms with Crippen molar-refractivity contribution in [2.75, 3.05) is 7.11 Å². The van der Waals surface area contributed by atoms with Gasteiger partial charge in [0.15, 0.2) is 0 Å². The van der Waals surface area contributed by atoms with Gasteiger partial charge in [-0.05, 0) is 35.4 Å². The average molecular weight is 433 g/mol. The van der Waals surface area contributed by atoms with Crippen molar-refractivity contribution in [1.82, 2.24) is 9.97 Å². The fraction of sp³-hybridized carbons (Fsp3) is 0.100. The van der Waals surface area contributed by atoms with Crippen LogP contribution in [0.25, 0.3) is 21.3 Å². The normalized spacial score (nSPS) is 11.1. The summed E-state index contributed by atoms with van der Waals surface area (Å²) in [6.07, 6.45) is 1.61. The summed E-state index contributed by atoms with van der Waals surface area (Å²) >= 11 is 15.6. The molecule has 0 fully saturated rings. The highest BCUT2D eigenvalue weighted by molar-refractivity contribution is 7.98. The van der Waals surface area contributed by atoms with E-state index >= 15 is 0 Å². The maximum absolute atomic E-state index is 6.31. The van der Waals surface area contributed by atoms with E-state index in [0.29, 0.717) is 15.8 Å². The predicted molar refractivity (Wildman–Crippen MR) is 115 cm³/mol. The van der Waals surface area contributed by atoms with Crippen molar-refractivity contribution in [1.29, 1.82) is 0 Å². The van der Waals surface area contributed by atoms with E-state index in [1.807, 2.05) is 24.3 Å². The fourth-order valence-electron chi connectivity index (χ4n) is 2.72. The Labute approximate surface area is 175 Å². The molecule has 2 aromatic heterocycles. The van der Waals surface area contributed by atoms with E-state index in [0.717, 1.165) is 37.7 Å². The van der Waals surface area contributed by atoms with Crippen molar-refractivity contribution in [3.05, 3.63) is 69.8 Å². The lowest BCUT2D eigenvalue weighted by Crippen LogP contribution is -1.88. The molecule has 0 unspecified atom stereocenters. The van der Waals surface area contributed by atoms with Gasteiger partial charge in [0.1, 0.15) is 21.9 Å². The van der Waals surface area contributed by atoms with Crippen LogP contribution in [0.1, 0.15) is 5.56 Å². The Morgan fingerprint density at radius 1 is 1.07 bits per heavy atom. The molecule has 0 bridgehead atoms. The number of methoxy groups -OCH3 is 1. The highest BCUT2D eigenvalue weighted by Crippen LogP contribution is 2.39. The van der Waals surface area contributed by atoms with E-state index in [9.17, 15) is 0 Å². The second kappa shape index (κ2) is 8.07. The number of aromatic nitrogens is 2. The number of thioether (sulfide) groups is 1. The zero-order valence-corrected chi connectivity index (χ0v) is 17.4. The van der Waals surface area contributed by atoms with Crippen molar-refractivity contribution in [2.45, 2.75) is 10.8 Å². The van der Waals surface area contributed by atoms with Gasteiger partial charge in [-0.3, -0.25) is 0 Å². The van der Waals surface area contributed by atoms with Crippen molar-refractivity contribution in [3.63, 3.8) is 0 Å². The summed E-state index contributed by atoms with van der Waals surface area (Å²) < 4.78 is 5.26. The number of rotatable bonds is 5. The molecule has 3 nitrogen and oxygen atoms in total. The molecular weight excluding hydrogens is 419 g/mol. The third-order valence-corrected chi connectivity index (χ3v) is 6.63. The Bertz CT molecular complexity index is 1100. The molecule has 27 heavy (non-hydrogen) atoms. The molecule has 0 spiro atoms. The van der Waals surface area contributed by atoms with E-state index in [2.05, 4.69) is 27.5 Å². The maximum Gasteiger partial charge on any atom is 0.128 e. The Morgan fingerprint density at radius 2 is 1.89 bits per heavy atom. The molecule has 0 N–H and O–H groups in total. The van der Waals surface area contributed by atoms with Gasteiger partial charge in [0.2, 0.25) is 0 Å². The van der Waals surface area contributed by atoms with E-state index < -0.39 is 0 Å². The summed E-state index contributed by atoms with van der Waals surface area (Å²) in [6.45, 7) is 0. The van der Waals surface area contributed by atoms with Gasteiger partial charge in [0.05, 0.1) is 12.5 Å². The zero-order valence-electron chi connectivity index (χ0n) is 14.3. The smallest absolute Gasteiger partial charge is 0.128 e. The Morgan fingerprint density at radius 3 is 2.63 bits per heavy atom. The van der Waals surface area contributed by atoms with Crippen LogP contribution < -0.4 is 4.74 Å². The van der Waals surface area contributed by atoms with Gasteiger partial charge in [-0.25, -0.2) is 9.97 Å². The number of ether oxygens (including phenoxy) is 1. The van der Waals surface area contributed by atoms with Crippen LogP contribution in [0.15, 0.2) is 59.2 Å². The molecule has 4 rings (SSSR count). The molecule has 0 aliphatic heterocycles. The van der Waals surface area contributed by atoms with Crippen molar-refractivity contribution >= 4 is 56.5 Å². The minimum absolute atomic E-state index is 0.637. The van der Waals surface area contributed by atoms with Crippen molar-refractivity contribution < 1.29 is 4.74 Å². The highest BCUT2D eigenvalue weighted by atomic mass is 35.5. The van der Waals surface area contributed by atoms with Gasteiger partial charge < -0.3 is 4.74 Å². The summed E-state index contributed by atoms with van der Waals surface area (Å²) in [5.74, 6) is 1.54. The first-order chi connectivity index (χ1) is 13.2. The number of hydrogen-bond donors (Lipinski definition) is 0. The van der Waals surface area contributed by atoms with Crippen LogP contribution in [-0.4, -0.2) is 17.1 Å². The number of halogens is 2. The second-order valence-electron chi connectivity index (χ2n) is 5.76. The number of fused-ring (bicyclic) bond motifs is 1. The number of hydrogen-bond acceptors (Lipinski definition) is 5. The van der Waals surface area contributed by atoms with Crippen LogP contribution in [0.3, 0.4) is 0 Å². The fourth-order valence-corrected chi connectivity index (χ4v) is 5.28. The van der Waals surface area contributed by atoms with Crippen LogP contribution in [0, 0.1) is 0 Å². The third kappa shape index (κ3) is 3.92. The van der Waals surface area contributed by atoms with Crippen molar-refractivity contribution in [3.8, 4) is 16.9 Å². The Kier molecular flexibility index (Phi) is 5.55. The second-order valence-corrected chi connectivity index (χ2v) is 8.43. The lowest BCUT2D eigenvalue weighted by Gasteiger charge is -2.07. The van der Waals surface area contributed by atoms with Gasteiger partial charge in [-0.15, -0.1) is 23.1 Å². The molecule has 0 radical (unpaired) electrons. The lowest BCUT2D eigenvalue weighted by atomic mass is 10.1. The monoisotopic (exact) mass is 432 g/mol. The minimum Gasteiger partial charge on any atom is -0.497 e. The molecule has 2 heterocycles. The molecule has 0 aliphatic carbocycles. The molecule has 0 amide bonds. The zero-order chi connectivity index (χ0) is 18.8. The Balaban J connectivity index is 1.69. The van der Waals surface area contributed by atoms with Crippen LogP contribution in [0.4, 0.5) is 0 Å². The first-order valence-electron chi connectivity index (χ1n) is 8.09. The highest BCUT2D eigenvalue weighted by Gasteiger charge is 2.14. The molecule has 0 saturated carbocycles. The number of benzene rings is 2. The standard InChI is InChI=1S/C20H14Cl2N2OS2/c1-25-15-6-3-12(4-7-15)16-10-27-20-18(16)19(23-11-24-20)26-9-13-2-5-14(21)8-17(13)22/h2-8,10-11H,9H2,1H3. The molecule has 0 saturated heterocycles. The number of thiophene rings is 1. The Hall–Kier alpha value is -1.79. The largest absolute Gasteiger partial charge is 0.497 e. The minimum atomic E-state index is 0.637. The van der Waals surface area contributed by atoms with E-state index in [4.69, 9.17) is 27.9 Å². The van der Waals surface area contributed by atoms with Gasteiger partial charge >= 0.3 is 0 Å². The van der Waals surface area contributed by atoms with Gasteiger partial charge in [0.25, 0.3) is 0 Å². The summed E-state index contributed by atoms with van der Waals surface area (Å²) in [7, 11) is 1.67. The van der Waals surface area contributed by atoms with Gasteiger partial charge in [0, 0.05) is 26.7 Å². The third-order valence-electron chi connectivity index (χ3n) is 4.12.